The first-order valence-corrected chi connectivity index (χ1v) is 4.22. The molecule has 0 saturated heterocycles. The summed E-state index contributed by atoms with van der Waals surface area (Å²) < 4.78 is 0. The van der Waals surface area contributed by atoms with E-state index in [1.54, 1.807) is 13.1 Å². The Morgan fingerprint density at radius 1 is 1.54 bits per heavy atom. The molecule has 0 aliphatic carbocycles. The second kappa shape index (κ2) is 5.32. The van der Waals surface area contributed by atoms with Crippen LogP contribution in [-0.4, -0.2) is 15.2 Å². The lowest BCUT2D eigenvalue weighted by Gasteiger charge is -2.07. The Hall–Kier alpha value is -0.450. The number of aromatic nitrogens is 1. The molecule has 0 radical (unpaired) electrons. The SMILES string of the molecule is Cc1ncc(CO)c(CS)c1O.Cl. The molecule has 0 amide bonds. The Morgan fingerprint density at radius 2 is 2.15 bits per heavy atom. The molecule has 0 bridgehead atoms. The molecule has 1 aromatic rings. The molecule has 0 aliphatic heterocycles. The van der Waals surface area contributed by atoms with E-state index in [4.69, 9.17) is 5.11 Å². The Bertz CT molecular complexity index is 294. The van der Waals surface area contributed by atoms with Crippen molar-refractivity contribution in [3.05, 3.63) is 23.0 Å². The average Bonchev–Trinajstić information content (AvgIpc) is 2.09. The Morgan fingerprint density at radius 3 is 2.62 bits per heavy atom. The molecule has 0 saturated carbocycles. The smallest absolute Gasteiger partial charge is 0.141 e. The number of aromatic hydroxyl groups is 1. The topological polar surface area (TPSA) is 53.4 Å². The van der Waals surface area contributed by atoms with Gasteiger partial charge in [0.2, 0.25) is 0 Å². The van der Waals surface area contributed by atoms with Gasteiger partial charge in [-0.3, -0.25) is 4.98 Å². The van der Waals surface area contributed by atoms with Crippen molar-refractivity contribution in [2.75, 3.05) is 0 Å². The van der Waals surface area contributed by atoms with Crippen molar-refractivity contribution in [1.82, 2.24) is 4.98 Å². The van der Waals surface area contributed by atoms with Crippen molar-refractivity contribution >= 4 is 25.0 Å². The fourth-order valence-corrected chi connectivity index (χ4v) is 1.35. The summed E-state index contributed by atoms with van der Waals surface area (Å²) in [6, 6.07) is 0. The first kappa shape index (κ1) is 12.5. The molecular weight excluding hydrogens is 210 g/mol. The maximum Gasteiger partial charge on any atom is 0.141 e. The van der Waals surface area contributed by atoms with Crippen molar-refractivity contribution in [1.29, 1.82) is 0 Å². The van der Waals surface area contributed by atoms with E-state index >= 15 is 0 Å². The molecule has 0 aliphatic rings. The number of hydrogen-bond acceptors (Lipinski definition) is 4. The molecule has 1 aromatic heterocycles. The van der Waals surface area contributed by atoms with E-state index in [1.165, 1.54) is 0 Å². The highest BCUT2D eigenvalue weighted by molar-refractivity contribution is 7.79. The van der Waals surface area contributed by atoms with Crippen LogP contribution >= 0.6 is 25.0 Å². The van der Waals surface area contributed by atoms with Crippen molar-refractivity contribution in [3.8, 4) is 5.75 Å². The lowest BCUT2D eigenvalue weighted by atomic mass is 10.1. The summed E-state index contributed by atoms with van der Waals surface area (Å²) in [6.45, 7) is 1.60. The van der Waals surface area contributed by atoms with E-state index < -0.39 is 0 Å². The van der Waals surface area contributed by atoms with Gasteiger partial charge in [-0.2, -0.15) is 12.6 Å². The van der Waals surface area contributed by atoms with Crippen molar-refractivity contribution in [3.63, 3.8) is 0 Å². The number of nitrogens with zero attached hydrogens (tertiary/aromatic N) is 1. The van der Waals surface area contributed by atoms with E-state index in [1.807, 2.05) is 0 Å². The van der Waals surface area contributed by atoms with Crippen LogP contribution in [-0.2, 0) is 12.4 Å². The highest BCUT2D eigenvalue weighted by Gasteiger charge is 2.08. The maximum atomic E-state index is 9.49. The number of aliphatic hydroxyl groups excluding tert-OH is 1. The molecule has 13 heavy (non-hydrogen) atoms. The second-order valence-electron chi connectivity index (χ2n) is 2.51. The summed E-state index contributed by atoms with van der Waals surface area (Å²) in [6.07, 6.45) is 1.56. The zero-order valence-electron chi connectivity index (χ0n) is 7.19. The maximum absolute atomic E-state index is 9.49. The van der Waals surface area contributed by atoms with Gasteiger partial charge in [0.1, 0.15) is 5.75 Å². The minimum absolute atomic E-state index is 0. The molecule has 0 unspecified atom stereocenters. The Kier molecular flexibility index (Phi) is 5.13. The molecule has 0 atom stereocenters. The van der Waals surface area contributed by atoms with Crippen LogP contribution in [0.3, 0.4) is 0 Å². The highest BCUT2D eigenvalue weighted by Crippen LogP contribution is 2.24. The van der Waals surface area contributed by atoms with Crippen molar-refractivity contribution in [2.45, 2.75) is 19.3 Å². The molecule has 74 valence electrons. The van der Waals surface area contributed by atoms with Crippen LogP contribution < -0.4 is 0 Å². The molecule has 0 aromatic carbocycles. The highest BCUT2D eigenvalue weighted by atomic mass is 35.5. The predicted molar refractivity (Wildman–Crippen MR) is 56.5 cm³/mol. The van der Waals surface area contributed by atoms with Gasteiger partial charge in [0.15, 0.2) is 0 Å². The summed E-state index contributed by atoms with van der Waals surface area (Å²) in [5, 5.41) is 18.4. The van der Waals surface area contributed by atoms with Gasteiger partial charge in [-0.15, -0.1) is 12.4 Å². The summed E-state index contributed by atoms with van der Waals surface area (Å²) in [7, 11) is 0. The van der Waals surface area contributed by atoms with Gasteiger partial charge in [0.25, 0.3) is 0 Å². The van der Waals surface area contributed by atoms with Gasteiger partial charge in [-0.1, -0.05) is 0 Å². The predicted octanol–water partition coefficient (Wildman–Crippen LogP) is 1.44. The quantitative estimate of drug-likeness (QED) is 0.663. The molecule has 1 heterocycles. The number of rotatable bonds is 2. The lowest BCUT2D eigenvalue weighted by molar-refractivity contribution is 0.279. The lowest BCUT2D eigenvalue weighted by Crippen LogP contribution is -1.96. The van der Waals surface area contributed by atoms with Crippen LogP contribution in [0, 0.1) is 6.92 Å². The summed E-state index contributed by atoms with van der Waals surface area (Å²) >= 11 is 4.05. The number of halogens is 1. The van der Waals surface area contributed by atoms with Gasteiger partial charge >= 0.3 is 0 Å². The van der Waals surface area contributed by atoms with Crippen LogP contribution in [0.2, 0.25) is 0 Å². The van der Waals surface area contributed by atoms with Crippen LogP contribution in [0.1, 0.15) is 16.8 Å². The zero-order chi connectivity index (χ0) is 9.14. The van der Waals surface area contributed by atoms with Crippen LogP contribution in [0.15, 0.2) is 6.20 Å². The standard InChI is InChI=1S/C8H11NO2S.ClH/c1-5-8(11)7(4-12)6(3-10)2-9-5;/h2,10-12H,3-4H2,1H3;1H. The van der Waals surface area contributed by atoms with E-state index in [2.05, 4.69) is 17.6 Å². The number of hydrogen-bond donors (Lipinski definition) is 3. The average molecular weight is 222 g/mol. The van der Waals surface area contributed by atoms with E-state index in [0.29, 0.717) is 22.6 Å². The number of pyridine rings is 1. The third-order valence-corrected chi connectivity index (χ3v) is 2.07. The third-order valence-electron chi connectivity index (χ3n) is 1.76. The molecule has 5 heteroatoms. The van der Waals surface area contributed by atoms with E-state index in [-0.39, 0.29) is 24.8 Å². The monoisotopic (exact) mass is 221 g/mol. The summed E-state index contributed by atoms with van der Waals surface area (Å²) in [4.78, 5) is 3.91. The number of aryl methyl sites for hydroxylation is 1. The Labute approximate surface area is 88.6 Å². The van der Waals surface area contributed by atoms with E-state index in [9.17, 15) is 5.11 Å². The van der Waals surface area contributed by atoms with Crippen molar-refractivity contribution < 1.29 is 10.2 Å². The molecule has 1 rings (SSSR count). The summed E-state index contributed by atoms with van der Waals surface area (Å²) in [5.74, 6) is 0.544. The zero-order valence-corrected chi connectivity index (χ0v) is 8.90. The van der Waals surface area contributed by atoms with Gasteiger partial charge in [-0.05, 0) is 6.92 Å². The first-order chi connectivity index (χ1) is 5.70. The van der Waals surface area contributed by atoms with E-state index in [0.717, 1.165) is 0 Å². The minimum Gasteiger partial charge on any atom is -0.506 e. The number of aliphatic hydroxyl groups is 1. The van der Waals surface area contributed by atoms with Crippen molar-refractivity contribution in [2.24, 2.45) is 0 Å². The van der Waals surface area contributed by atoms with Gasteiger partial charge in [0.05, 0.1) is 12.3 Å². The van der Waals surface area contributed by atoms with Crippen LogP contribution in [0.25, 0.3) is 0 Å². The van der Waals surface area contributed by atoms with Crippen LogP contribution in [0.5, 0.6) is 5.75 Å². The van der Waals surface area contributed by atoms with Gasteiger partial charge in [0, 0.05) is 23.1 Å². The minimum atomic E-state index is -0.114. The normalized spacial score (nSPS) is 9.46. The van der Waals surface area contributed by atoms with Gasteiger partial charge in [-0.25, -0.2) is 0 Å². The van der Waals surface area contributed by atoms with Gasteiger partial charge < -0.3 is 10.2 Å². The fraction of sp³-hybridized carbons (Fsp3) is 0.375. The van der Waals surface area contributed by atoms with Crippen LogP contribution in [0.4, 0.5) is 0 Å². The molecule has 0 fully saturated rings. The fourth-order valence-electron chi connectivity index (χ4n) is 0.997. The largest absolute Gasteiger partial charge is 0.506 e. The summed E-state index contributed by atoms with van der Waals surface area (Å²) in [5.41, 5.74) is 1.86. The second-order valence-corrected chi connectivity index (χ2v) is 2.83. The first-order valence-electron chi connectivity index (χ1n) is 3.58. The molecule has 0 spiro atoms. The molecule has 2 N–H and O–H groups in total. The molecule has 3 nitrogen and oxygen atoms in total. The number of thiol groups is 1. The third kappa shape index (κ3) is 2.49. The molecular formula is C8H12ClNO2S. The Balaban J connectivity index is 0.00000144.